The summed E-state index contributed by atoms with van der Waals surface area (Å²) in [6.45, 7) is 6.77. The van der Waals surface area contributed by atoms with E-state index in [9.17, 15) is 0 Å². The van der Waals surface area contributed by atoms with Crippen LogP contribution in [0, 0.1) is 23.2 Å². The maximum Gasteiger partial charge on any atom is 0.0317 e. The maximum absolute atomic E-state index is 3.53. The highest BCUT2D eigenvalue weighted by atomic mass is 14.3. The second-order valence-electron chi connectivity index (χ2n) is 4.74. The summed E-state index contributed by atoms with van der Waals surface area (Å²) in [5, 5.41) is 0. The Balaban J connectivity index is 2.63. The maximum atomic E-state index is 3.53. The van der Waals surface area contributed by atoms with Gasteiger partial charge in [-0.05, 0) is 25.2 Å². The molecule has 0 aromatic heterocycles. The van der Waals surface area contributed by atoms with Gasteiger partial charge < -0.3 is 0 Å². The predicted octanol–water partition coefficient (Wildman–Crippen LogP) is 4.01. The van der Waals surface area contributed by atoms with Gasteiger partial charge in [-0.3, -0.25) is 0 Å². The van der Waals surface area contributed by atoms with E-state index in [1.54, 1.807) is 0 Å². The molecule has 0 aromatic rings. The normalized spacial score (nSPS) is 20.0. The molecule has 0 amide bonds. The molecule has 1 aliphatic rings. The molecular formula is C13H22. The largest absolute Gasteiger partial charge is 0.103 e. The molecule has 0 heterocycles. The van der Waals surface area contributed by atoms with Crippen molar-refractivity contribution in [3.05, 3.63) is 0 Å². The minimum absolute atomic E-state index is 0.407. The fourth-order valence-corrected chi connectivity index (χ4v) is 2.49. The third-order valence-electron chi connectivity index (χ3n) is 2.89. The van der Waals surface area contributed by atoms with Crippen molar-refractivity contribution in [2.24, 2.45) is 11.3 Å². The lowest BCUT2D eigenvalue weighted by molar-refractivity contribution is 0.325. The second kappa shape index (κ2) is 4.70. The van der Waals surface area contributed by atoms with Gasteiger partial charge in [0.1, 0.15) is 0 Å². The summed E-state index contributed by atoms with van der Waals surface area (Å²) in [4.78, 5) is 0. The summed E-state index contributed by atoms with van der Waals surface area (Å²) in [6.07, 6.45) is 7.80. The molecule has 0 radical (unpaired) electrons. The van der Waals surface area contributed by atoms with Crippen LogP contribution in [0.1, 0.15) is 59.3 Å². The van der Waals surface area contributed by atoms with Gasteiger partial charge in [-0.15, -0.1) is 5.92 Å². The smallest absolute Gasteiger partial charge is 0.0317 e. The van der Waals surface area contributed by atoms with Gasteiger partial charge in [-0.1, -0.05) is 39.5 Å². The van der Waals surface area contributed by atoms with Crippen molar-refractivity contribution in [2.45, 2.75) is 59.3 Å². The molecule has 1 saturated carbocycles. The van der Waals surface area contributed by atoms with Gasteiger partial charge in [0.15, 0.2) is 0 Å². The molecule has 1 rings (SSSR count). The molecule has 74 valence electrons. The SMILES string of the molecule is CCC#CC1(CC(C)C)CCCC1. The summed E-state index contributed by atoms with van der Waals surface area (Å²) in [5.41, 5.74) is 0.407. The van der Waals surface area contributed by atoms with E-state index in [0.29, 0.717) is 5.41 Å². The van der Waals surface area contributed by atoms with Crippen LogP contribution in [0.2, 0.25) is 0 Å². The van der Waals surface area contributed by atoms with E-state index in [1.165, 1.54) is 32.1 Å². The summed E-state index contributed by atoms with van der Waals surface area (Å²) in [5.74, 6) is 7.61. The van der Waals surface area contributed by atoms with E-state index >= 15 is 0 Å². The van der Waals surface area contributed by atoms with Crippen LogP contribution in [0.3, 0.4) is 0 Å². The first kappa shape index (κ1) is 10.6. The van der Waals surface area contributed by atoms with Crippen LogP contribution >= 0.6 is 0 Å². The fraction of sp³-hybridized carbons (Fsp3) is 0.846. The van der Waals surface area contributed by atoms with Crippen molar-refractivity contribution in [1.82, 2.24) is 0 Å². The van der Waals surface area contributed by atoms with Gasteiger partial charge in [0.2, 0.25) is 0 Å². The molecule has 13 heavy (non-hydrogen) atoms. The summed E-state index contributed by atoms with van der Waals surface area (Å²) in [6, 6.07) is 0. The molecule has 0 N–H and O–H groups in total. The second-order valence-corrected chi connectivity index (χ2v) is 4.74. The molecule has 0 bridgehead atoms. The van der Waals surface area contributed by atoms with Crippen LogP contribution in [-0.4, -0.2) is 0 Å². The quantitative estimate of drug-likeness (QED) is 0.560. The molecule has 0 saturated heterocycles. The van der Waals surface area contributed by atoms with Crippen LogP contribution < -0.4 is 0 Å². The lowest BCUT2D eigenvalue weighted by Gasteiger charge is -2.24. The summed E-state index contributed by atoms with van der Waals surface area (Å²) in [7, 11) is 0. The van der Waals surface area contributed by atoms with Crippen molar-refractivity contribution < 1.29 is 0 Å². The third-order valence-corrected chi connectivity index (χ3v) is 2.89. The molecule has 0 nitrogen and oxygen atoms in total. The molecule has 0 aromatic carbocycles. The van der Waals surface area contributed by atoms with Crippen molar-refractivity contribution in [3.63, 3.8) is 0 Å². The van der Waals surface area contributed by atoms with Crippen molar-refractivity contribution in [1.29, 1.82) is 0 Å². The molecular weight excluding hydrogens is 156 g/mol. The number of hydrogen-bond acceptors (Lipinski definition) is 0. The van der Waals surface area contributed by atoms with Crippen LogP contribution in [0.4, 0.5) is 0 Å². The van der Waals surface area contributed by atoms with Crippen molar-refractivity contribution >= 4 is 0 Å². The van der Waals surface area contributed by atoms with E-state index < -0.39 is 0 Å². The molecule has 0 aliphatic heterocycles. The van der Waals surface area contributed by atoms with Gasteiger partial charge >= 0.3 is 0 Å². The van der Waals surface area contributed by atoms with E-state index in [2.05, 4.69) is 32.6 Å². The van der Waals surface area contributed by atoms with Gasteiger partial charge in [0, 0.05) is 11.8 Å². The first-order valence-electron chi connectivity index (χ1n) is 5.68. The van der Waals surface area contributed by atoms with E-state index in [1.807, 2.05) is 0 Å². The number of rotatable bonds is 2. The topological polar surface area (TPSA) is 0 Å². The van der Waals surface area contributed by atoms with Gasteiger partial charge in [0.05, 0.1) is 0 Å². The zero-order chi connectivity index (χ0) is 9.73. The first-order chi connectivity index (χ1) is 6.18. The lowest BCUT2D eigenvalue weighted by atomic mass is 9.79. The Morgan fingerprint density at radius 3 is 2.31 bits per heavy atom. The van der Waals surface area contributed by atoms with Crippen LogP contribution in [0.15, 0.2) is 0 Å². The van der Waals surface area contributed by atoms with Gasteiger partial charge in [-0.2, -0.15) is 0 Å². The van der Waals surface area contributed by atoms with Crippen LogP contribution in [-0.2, 0) is 0 Å². The zero-order valence-corrected chi connectivity index (χ0v) is 9.32. The first-order valence-corrected chi connectivity index (χ1v) is 5.68. The minimum atomic E-state index is 0.407. The van der Waals surface area contributed by atoms with Crippen molar-refractivity contribution in [2.75, 3.05) is 0 Å². The van der Waals surface area contributed by atoms with E-state index in [4.69, 9.17) is 0 Å². The minimum Gasteiger partial charge on any atom is -0.103 e. The molecule has 1 fully saturated rings. The third kappa shape index (κ3) is 3.07. The molecule has 0 spiro atoms. The molecule has 0 heteroatoms. The van der Waals surface area contributed by atoms with Crippen molar-refractivity contribution in [3.8, 4) is 11.8 Å². The molecule has 0 atom stereocenters. The fourth-order valence-electron chi connectivity index (χ4n) is 2.49. The van der Waals surface area contributed by atoms with E-state index in [-0.39, 0.29) is 0 Å². The highest BCUT2D eigenvalue weighted by molar-refractivity contribution is 5.13. The van der Waals surface area contributed by atoms with E-state index in [0.717, 1.165) is 12.3 Å². The molecule has 1 aliphatic carbocycles. The Hall–Kier alpha value is -0.440. The summed E-state index contributed by atoms with van der Waals surface area (Å²) < 4.78 is 0. The Morgan fingerprint density at radius 1 is 1.23 bits per heavy atom. The Kier molecular flexibility index (Phi) is 3.85. The Labute approximate surface area is 83.1 Å². The summed E-state index contributed by atoms with van der Waals surface area (Å²) >= 11 is 0. The highest BCUT2D eigenvalue weighted by Gasteiger charge is 2.32. The predicted molar refractivity (Wildman–Crippen MR) is 58.4 cm³/mol. The highest BCUT2D eigenvalue weighted by Crippen LogP contribution is 2.42. The van der Waals surface area contributed by atoms with Crippen LogP contribution in [0.5, 0.6) is 0 Å². The zero-order valence-electron chi connectivity index (χ0n) is 9.32. The van der Waals surface area contributed by atoms with Gasteiger partial charge in [0.25, 0.3) is 0 Å². The van der Waals surface area contributed by atoms with Crippen LogP contribution in [0.25, 0.3) is 0 Å². The van der Waals surface area contributed by atoms with Gasteiger partial charge in [-0.25, -0.2) is 0 Å². The average molecular weight is 178 g/mol. The Bertz CT molecular complexity index is 196. The molecule has 0 unspecified atom stereocenters. The Morgan fingerprint density at radius 2 is 1.85 bits per heavy atom. The lowest BCUT2D eigenvalue weighted by Crippen LogP contribution is -2.16. The standard InChI is InChI=1S/C13H22/c1-4-5-8-13(11-12(2)3)9-6-7-10-13/h12H,4,6-7,9-11H2,1-3H3. The number of hydrogen-bond donors (Lipinski definition) is 0. The average Bonchev–Trinajstić information content (AvgIpc) is 2.49. The monoisotopic (exact) mass is 178 g/mol.